The van der Waals surface area contributed by atoms with Gasteiger partial charge in [0.2, 0.25) is 0 Å². The van der Waals surface area contributed by atoms with Crippen LogP contribution in [-0.2, 0) is 33.0 Å². The van der Waals surface area contributed by atoms with Crippen molar-refractivity contribution in [3.05, 3.63) is 48.5 Å². The van der Waals surface area contributed by atoms with Gasteiger partial charge in [-0.25, -0.2) is 12.1 Å². The summed E-state index contributed by atoms with van der Waals surface area (Å²) in [7, 11) is 9.16. The molecular weight excluding hydrogens is 607 g/mol. The van der Waals surface area contributed by atoms with E-state index in [4.69, 9.17) is 19.1 Å². The molecule has 2 aromatic rings. The first-order chi connectivity index (χ1) is 13.9. The Morgan fingerprint density at radius 3 is 1.25 bits per heavy atom. The Morgan fingerprint density at radius 1 is 0.688 bits per heavy atom. The summed E-state index contributed by atoms with van der Waals surface area (Å²) in [5.41, 5.74) is 0. The molecule has 32 heavy (non-hydrogen) atoms. The molecule has 0 atom stereocenters. The maximum Gasteiger partial charge on any atom is 0 e. The zero-order valence-electron chi connectivity index (χ0n) is 21.9. The molecule has 0 spiro atoms. The van der Waals surface area contributed by atoms with Gasteiger partial charge >= 0.3 is 35.0 Å². The third kappa shape index (κ3) is 12.3. The molecule has 0 radical (unpaired) electrons. The normalized spacial score (nSPS) is 12.6. The zero-order valence-corrected chi connectivity index (χ0v) is 27.9. The van der Waals surface area contributed by atoms with Gasteiger partial charge in [0.1, 0.15) is 0 Å². The van der Waals surface area contributed by atoms with Gasteiger partial charge in [0, 0.05) is 17.1 Å². The first-order valence-corrected chi connectivity index (χ1v) is 17.4. The minimum absolute atomic E-state index is 0. The van der Waals surface area contributed by atoms with Gasteiger partial charge in [-0.2, -0.15) is 6.07 Å². The van der Waals surface area contributed by atoms with E-state index in [1.54, 1.807) is 10.6 Å². The van der Waals surface area contributed by atoms with Crippen molar-refractivity contribution in [3.63, 3.8) is 0 Å². The van der Waals surface area contributed by atoms with Gasteiger partial charge in [0.05, 0.1) is 0 Å². The molecule has 0 aliphatic rings. The largest absolute Gasteiger partial charge is 0.748 e. The fourth-order valence-electron chi connectivity index (χ4n) is 4.56. The summed E-state index contributed by atoms with van der Waals surface area (Å²) < 4.78 is 0. The van der Waals surface area contributed by atoms with Gasteiger partial charge in [0.15, 0.2) is 0 Å². The molecule has 2 rings (SSSR count). The van der Waals surface area contributed by atoms with E-state index in [0.717, 1.165) is 0 Å². The number of rotatable bonds is 2. The van der Waals surface area contributed by atoms with Gasteiger partial charge in [-0.05, 0) is 20.6 Å². The Morgan fingerprint density at radius 2 is 1.00 bits per heavy atom. The Balaban J connectivity index is 0. The fourth-order valence-corrected chi connectivity index (χ4v) is 13.2. The molecule has 0 saturated carbocycles. The van der Waals surface area contributed by atoms with Gasteiger partial charge < -0.3 is 30.3 Å². The standard InChI is InChI=1S/C21H39P2.C5H5.2ClH.Fe.Pd/c1-18(2,3)22(19(4,5)6)16-14-13-15-17(16)23(20(7,8)9)21(10,11)12;1-2-4-5-3-1;;;;/h13-15H,1-12H3;1-5H;2*1H;;/q-1;-5;;;;+2/p-2. The van der Waals surface area contributed by atoms with Crippen LogP contribution in [0.25, 0.3) is 0 Å². The summed E-state index contributed by atoms with van der Waals surface area (Å²) in [5.74, 6) is 0. The maximum absolute atomic E-state index is 4.81. The van der Waals surface area contributed by atoms with Crippen LogP contribution in [0.4, 0.5) is 0 Å². The summed E-state index contributed by atoms with van der Waals surface area (Å²) in [5, 5.41) is 4.63. The molecule has 0 N–H and O–H groups in total. The minimum atomic E-state index is -0.232. The van der Waals surface area contributed by atoms with E-state index >= 15 is 0 Å². The molecule has 0 bridgehead atoms. The van der Waals surface area contributed by atoms with Crippen LogP contribution in [0.5, 0.6) is 0 Å². The molecule has 196 valence electrons. The summed E-state index contributed by atoms with van der Waals surface area (Å²) in [6.07, 6.45) is 0. The van der Waals surface area contributed by atoms with Gasteiger partial charge in [0.25, 0.3) is 0 Å². The Bertz CT molecular complexity index is 623. The third-order valence-electron chi connectivity index (χ3n) is 4.49. The van der Waals surface area contributed by atoms with Crippen LogP contribution < -0.4 is 10.6 Å². The molecule has 0 fully saturated rings. The van der Waals surface area contributed by atoms with E-state index in [2.05, 4.69) is 101 Å². The van der Waals surface area contributed by atoms with Crippen LogP contribution in [0.2, 0.25) is 0 Å². The molecule has 0 heterocycles. The van der Waals surface area contributed by atoms with Crippen LogP contribution in [-0.4, -0.2) is 20.6 Å². The third-order valence-corrected chi connectivity index (χ3v) is 11.8. The van der Waals surface area contributed by atoms with Crippen molar-refractivity contribution < 1.29 is 33.0 Å². The summed E-state index contributed by atoms with van der Waals surface area (Å²) in [4.78, 5) is 0. The second-order valence-corrected chi connectivity index (χ2v) is 21.7. The van der Waals surface area contributed by atoms with Crippen LogP contribution >= 0.6 is 34.9 Å². The Labute approximate surface area is 229 Å². The zero-order chi connectivity index (χ0) is 24.7. The summed E-state index contributed by atoms with van der Waals surface area (Å²) in [6.45, 7) is 29.1. The smallest absolute Gasteiger partial charge is 0 e. The topological polar surface area (TPSA) is 0 Å². The van der Waals surface area contributed by atoms with Gasteiger partial charge in [-0.15, -0.1) is 18.5 Å². The SMILES string of the molecule is CC(C)(C)P(c1ccc[c-]1P(C(C)(C)C)C(C)(C)C)C(C)(C)C.[Cl][Pd][Cl].[Fe].[cH-]1[cH-][cH-][cH-][cH-]1. The molecule has 0 aliphatic carbocycles. The molecule has 2 aromatic carbocycles. The molecule has 6 heteroatoms. The van der Waals surface area contributed by atoms with Crippen LogP contribution in [0.3, 0.4) is 0 Å². The van der Waals surface area contributed by atoms with Crippen molar-refractivity contribution in [2.45, 2.75) is 104 Å². The predicted octanol–water partition coefficient (Wildman–Crippen LogP) is 9.59. The molecular formula is C26H44Cl2FeP2Pd-6. The maximum atomic E-state index is 4.81. The Hall–Kier alpha value is 1.32. The van der Waals surface area contributed by atoms with Crippen LogP contribution in [0.1, 0.15) is 83.1 Å². The number of hydrogen-bond acceptors (Lipinski definition) is 0. The second-order valence-electron chi connectivity index (χ2n) is 11.7. The van der Waals surface area contributed by atoms with Crippen molar-refractivity contribution in [2.75, 3.05) is 0 Å². The minimum Gasteiger partial charge on any atom is -0.748 e. The molecule has 0 saturated heterocycles. The van der Waals surface area contributed by atoms with Crippen LogP contribution in [0, 0.1) is 0 Å². The van der Waals surface area contributed by atoms with E-state index in [0.29, 0.717) is 20.6 Å². The average Bonchev–Trinajstić information content (AvgIpc) is 3.18. The summed E-state index contributed by atoms with van der Waals surface area (Å²) >= 11 is -0.106. The van der Waals surface area contributed by atoms with Crippen molar-refractivity contribution in [1.29, 1.82) is 0 Å². The molecule has 0 unspecified atom stereocenters. The van der Waals surface area contributed by atoms with Crippen molar-refractivity contribution in [3.8, 4) is 0 Å². The predicted molar refractivity (Wildman–Crippen MR) is 148 cm³/mol. The summed E-state index contributed by atoms with van der Waals surface area (Å²) in [6, 6.07) is 17.2. The Kier molecular flexibility index (Phi) is 16.4. The first-order valence-electron chi connectivity index (χ1n) is 10.7. The van der Waals surface area contributed by atoms with Crippen LogP contribution in [0.15, 0.2) is 48.5 Å². The average molecular weight is 652 g/mol. The second kappa shape index (κ2) is 14.8. The molecule has 0 aromatic heterocycles. The number of hydrogen-bond donors (Lipinski definition) is 0. The first kappa shape index (κ1) is 35.5. The molecule has 0 aliphatic heterocycles. The van der Waals surface area contributed by atoms with Gasteiger partial charge in [-0.1, -0.05) is 91.0 Å². The van der Waals surface area contributed by atoms with E-state index in [1.807, 2.05) is 30.3 Å². The van der Waals surface area contributed by atoms with E-state index < -0.39 is 0 Å². The monoisotopic (exact) mass is 650 g/mol. The van der Waals surface area contributed by atoms with Crippen molar-refractivity contribution in [2.24, 2.45) is 0 Å². The van der Waals surface area contributed by atoms with E-state index in [1.165, 1.54) is 0 Å². The molecule has 0 nitrogen and oxygen atoms in total. The fraction of sp³-hybridized carbons (Fsp3) is 0.615. The van der Waals surface area contributed by atoms with E-state index in [9.17, 15) is 0 Å². The quantitative estimate of drug-likeness (QED) is 0.172. The molecule has 0 amide bonds. The van der Waals surface area contributed by atoms with Crippen molar-refractivity contribution in [1.82, 2.24) is 0 Å². The van der Waals surface area contributed by atoms with E-state index in [-0.39, 0.29) is 48.9 Å². The van der Waals surface area contributed by atoms with Crippen molar-refractivity contribution >= 4 is 45.5 Å². The number of halogens is 2. The van der Waals surface area contributed by atoms with Gasteiger partial charge in [-0.3, -0.25) is 0 Å².